The highest BCUT2D eigenvalue weighted by Gasteiger charge is 2.60. The summed E-state index contributed by atoms with van der Waals surface area (Å²) in [7, 11) is 0. The number of hydrogen-bond acceptors (Lipinski definition) is 2. The lowest BCUT2D eigenvalue weighted by atomic mass is 9.56. The quantitative estimate of drug-likeness (QED) is 0.361. The van der Waals surface area contributed by atoms with E-state index in [0.29, 0.717) is 12.4 Å². The largest absolute Gasteiger partial charge is 1.00 e. The Morgan fingerprint density at radius 2 is 1.29 bits per heavy atom. The maximum absolute atomic E-state index is 13.8. The van der Waals surface area contributed by atoms with Gasteiger partial charge in [0.1, 0.15) is 5.60 Å². The van der Waals surface area contributed by atoms with E-state index in [1.165, 1.54) is 6.07 Å². The van der Waals surface area contributed by atoms with Gasteiger partial charge >= 0.3 is 0 Å². The summed E-state index contributed by atoms with van der Waals surface area (Å²) in [5, 5.41) is 12.4. The van der Waals surface area contributed by atoms with Crippen LogP contribution in [0.1, 0.15) is 36.8 Å². The second kappa shape index (κ2) is 10.2. The number of nitrogens with zero attached hydrogens (tertiary/aromatic N) is 1. The number of rotatable bonds is 8. The molecule has 3 nitrogen and oxygen atoms in total. The molecule has 0 aromatic heterocycles. The molecule has 34 heavy (non-hydrogen) atoms. The Hall–Kier alpha value is -2.21. The number of benzene rings is 3. The van der Waals surface area contributed by atoms with Crippen LogP contribution in [0.25, 0.3) is 0 Å². The van der Waals surface area contributed by atoms with Crippen molar-refractivity contribution in [1.29, 1.82) is 0 Å². The first-order valence-corrected chi connectivity index (χ1v) is 12.1. The number of para-hydroxylation sites is 1. The Kier molecular flexibility index (Phi) is 7.46. The maximum atomic E-state index is 13.8. The van der Waals surface area contributed by atoms with Crippen molar-refractivity contribution in [3.05, 3.63) is 102 Å². The van der Waals surface area contributed by atoms with Crippen molar-refractivity contribution >= 4 is 0 Å². The fourth-order valence-electron chi connectivity index (χ4n) is 6.22. The van der Waals surface area contributed by atoms with Gasteiger partial charge in [0.2, 0.25) is 0 Å². The summed E-state index contributed by atoms with van der Waals surface area (Å²) in [5.41, 5.74) is 0.854. The first-order chi connectivity index (χ1) is 16.1. The second-order valence-electron chi connectivity index (χ2n) is 9.84. The van der Waals surface area contributed by atoms with Crippen molar-refractivity contribution in [2.75, 3.05) is 32.8 Å². The third-order valence-corrected chi connectivity index (χ3v) is 8.22. The van der Waals surface area contributed by atoms with Crippen LogP contribution in [0.15, 0.2) is 84.9 Å². The van der Waals surface area contributed by atoms with E-state index < -0.39 is 5.60 Å². The Bertz CT molecular complexity index is 1010. The zero-order chi connectivity index (χ0) is 22.8. The van der Waals surface area contributed by atoms with Crippen molar-refractivity contribution < 1.29 is 35.7 Å². The van der Waals surface area contributed by atoms with Crippen molar-refractivity contribution in [2.45, 2.75) is 31.3 Å². The van der Waals surface area contributed by atoms with Gasteiger partial charge in [-0.25, -0.2) is 4.39 Å². The molecule has 3 aromatic carbocycles. The highest BCUT2D eigenvalue weighted by molar-refractivity contribution is 5.39. The van der Waals surface area contributed by atoms with E-state index in [1.807, 2.05) is 36.4 Å². The van der Waals surface area contributed by atoms with E-state index in [0.717, 1.165) is 67.5 Å². The Balaban J connectivity index is 0.00000274. The normalized spacial score (nSPS) is 23.8. The predicted molar refractivity (Wildman–Crippen MR) is 128 cm³/mol. The fourth-order valence-corrected chi connectivity index (χ4v) is 6.22. The minimum absolute atomic E-state index is 0. The predicted octanol–water partition coefficient (Wildman–Crippen LogP) is 2.54. The van der Waals surface area contributed by atoms with Crippen molar-refractivity contribution in [1.82, 2.24) is 0 Å². The number of aliphatic hydroxyl groups is 1. The van der Waals surface area contributed by atoms with Crippen molar-refractivity contribution in [3.63, 3.8) is 0 Å². The summed E-state index contributed by atoms with van der Waals surface area (Å²) in [6.07, 6.45) is 3.91. The maximum Gasteiger partial charge on any atom is 0.165 e. The smallest absolute Gasteiger partial charge is 0.165 e. The molecule has 0 aliphatic carbocycles. The van der Waals surface area contributed by atoms with Crippen LogP contribution in [0.5, 0.6) is 5.75 Å². The first kappa shape index (κ1) is 24.9. The highest BCUT2D eigenvalue weighted by atomic mass is 79.9. The molecule has 0 amide bonds. The summed E-state index contributed by atoms with van der Waals surface area (Å²) < 4.78 is 20.6. The molecule has 3 heterocycles. The SMILES string of the molecule is OC(c1ccccc1)(c1ccccc1)C12CC[N+](CCCOc3ccccc3F)(CC1)CC2.[Br-]. The van der Waals surface area contributed by atoms with Crippen LogP contribution in [0.3, 0.4) is 0 Å². The summed E-state index contributed by atoms with van der Waals surface area (Å²) in [5.74, 6) is 0.0379. The molecule has 3 aliphatic heterocycles. The molecule has 3 aliphatic rings. The molecule has 0 spiro atoms. The van der Waals surface area contributed by atoms with E-state index >= 15 is 0 Å². The molecule has 2 bridgehead atoms. The van der Waals surface area contributed by atoms with Gasteiger partial charge in [-0.3, -0.25) is 0 Å². The number of hydrogen-bond donors (Lipinski definition) is 1. The van der Waals surface area contributed by atoms with E-state index in [9.17, 15) is 9.50 Å². The topological polar surface area (TPSA) is 29.5 Å². The molecule has 180 valence electrons. The molecule has 3 fully saturated rings. The van der Waals surface area contributed by atoms with Crippen molar-refractivity contribution in [3.8, 4) is 5.75 Å². The van der Waals surface area contributed by atoms with Crippen LogP contribution in [0.2, 0.25) is 0 Å². The molecule has 0 atom stereocenters. The molecular weight excluding hydrogens is 493 g/mol. The molecular formula is C29H33BrFNO2. The summed E-state index contributed by atoms with van der Waals surface area (Å²) >= 11 is 0. The lowest BCUT2D eigenvalue weighted by molar-refractivity contribution is -0.946. The lowest BCUT2D eigenvalue weighted by Gasteiger charge is -2.60. The molecule has 3 aromatic rings. The van der Waals surface area contributed by atoms with Crippen LogP contribution in [-0.4, -0.2) is 42.4 Å². The summed E-state index contributed by atoms with van der Waals surface area (Å²) in [6.45, 7) is 4.79. The Morgan fingerprint density at radius 3 is 1.82 bits per heavy atom. The fraction of sp³-hybridized carbons (Fsp3) is 0.379. The number of piperidine rings is 3. The zero-order valence-corrected chi connectivity index (χ0v) is 21.1. The second-order valence-corrected chi connectivity index (χ2v) is 9.84. The Morgan fingerprint density at radius 1 is 0.794 bits per heavy atom. The third kappa shape index (κ3) is 4.41. The van der Waals surface area contributed by atoms with Gasteiger partial charge in [0.15, 0.2) is 11.6 Å². The van der Waals surface area contributed by atoms with E-state index in [4.69, 9.17) is 4.74 Å². The highest BCUT2D eigenvalue weighted by Crippen LogP contribution is 2.57. The molecule has 5 heteroatoms. The van der Waals surface area contributed by atoms with Crippen LogP contribution >= 0.6 is 0 Å². The van der Waals surface area contributed by atoms with E-state index in [2.05, 4.69) is 24.3 Å². The number of fused-ring (bicyclic) bond motifs is 3. The average Bonchev–Trinajstić information content (AvgIpc) is 2.89. The van der Waals surface area contributed by atoms with Gasteiger partial charge in [0, 0.05) is 31.1 Å². The standard InChI is InChI=1S/C29H33FNO2.BrH/c30-26-14-7-8-15-27(26)33-23-9-19-31-20-16-28(17-21-31,18-22-31)29(32,24-10-3-1-4-11-24)25-12-5-2-6-13-25;/h1-8,10-15,32H,9,16-23H2;1H/q+1;/p-1. The van der Waals surface area contributed by atoms with Crippen molar-refractivity contribution in [2.24, 2.45) is 5.41 Å². The van der Waals surface area contributed by atoms with Gasteiger partial charge in [-0.15, -0.1) is 0 Å². The first-order valence-electron chi connectivity index (χ1n) is 12.1. The zero-order valence-electron chi connectivity index (χ0n) is 19.5. The van der Waals surface area contributed by atoms with Gasteiger partial charge in [-0.05, 0) is 23.3 Å². The number of halogens is 2. The van der Waals surface area contributed by atoms with Crippen LogP contribution in [-0.2, 0) is 5.60 Å². The summed E-state index contributed by atoms with van der Waals surface area (Å²) in [4.78, 5) is 0. The van der Waals surface area contributed by atoms with Crippen LogP contribution < -0.4 is 21.7 Å². The molecule has 3 saturated heterocycles. The minimum Gasteiger partial charge on any atom is -1.00 e. The number of quaternary nitrogens is 1. The molecule has 0 radical (unpaired) electrons. The van der Waals surface area contributed by atoms with Gasteiger partial charge < -0.3 is 31.3 Å². The van der Waals surface area contributed by atoms with Crippen LogP contribution in [0.4, 0.5) is 4.39 Å². The third-order valence-electron chi connectivity index (χ3n) is 8.22. The van der Waals surface area contributed by atoms with Gasteiger partial charge in [0.05, 0.1) is 32.8 Å². The molecule has 0 saturated carbocycles. The average molecular weight is 526 g/mol. The van der Waals surface area contributed by atoms with Gasteiger partial charge in [-0.2, -0.15) is 0 Å². The van der Waals surface area contributed by atoms with Gasteiger partial charge in [-0.1, -0.05) is 72.8 Å². The molecule has 6 rings (SSSR count). The monoisotopic (exact) mass is 525 g/mol. The lowest BCUT2D eigenvalue weighted by Crippen LogP contribution is -3.00. The van der Waals surface area contributed by atoms with E-state index in [1.54, 1.807) is 18.2 Å². The van der Waals surface area contributed by atoms with Crippen LogP contribution in [0, 0.1) is 11.2 Å². The molecule has 1 N–H and O–H groups in total. The number of ether oxygens (including phenoxy) is 1. The summed E-state index contributed by atoms with van der Waals surface area (Å²) in [6, 6.07) is 27.1. The molecule has 0 unspecified atom stereocenters. The Labute approximate surface area is 212 Å². The van der Waals surface area contributed by atoms with Gasteiger partial charge in [0.25, 0.3) is 0 Å². The minimum atomic E-state index is -0.986. The van der Waals surface area contributed by atoms with E-state index in [-0.39, 0.29) is 28.2 Å².